The van der Waals surface area contributed by atoms with Gasteiger partial charge in [-0.1, -0.05) is 24.3 Å². The fourth-order valence-electron chi connectivity index (χ4n) is 3.01. The van der Waals surface area contributed by atoms with Crippen molar-refractivity contribution in [3.63, 3.8) is 0 Å². The van der Waals surface area contributed by atoms with Crippen molar-refractivity contribution in [3.8, 4) is 0 Å². The highest BCUT2D eigenvalue weighted by Crippen LogP contribution is 2.22. The molecule has 0 saturated carbocycles. The van der Waals surface area contributed by atoms with Gasteiger partial charge in [0, 0.05) is 24.3 Å². The van der Waals surface area contributed by atoms with Gasteiger partial charge in [0.05, 0.1) is 18.9 Å². The third kappa shape index (κ3) is 4.69. The number of carbonyl (C=O) groups is 1. The maximum absolute atomic E-state index is 14.1. The highest BCUT2D eigenvalue weighted by atomic mass is 19.1. The van der Waals surface area contributed by atoms with Crippen molar-refractivity contribution in [2.75, 3.05) is 41.8 Å². The summed E-state index contributed by atoms with van der Waals surface area (Å²) in [5.41, 5.74) is 1.51. The standard InChI is InChI=1S/C21H21FN6O2/c1-14(29)15-5-4-6-16(13-15)23-19-25-20(24-18-8-3-2-7-17(18)22)27-21(26-19)28-9-11-30-12-10-28/h2-8,13H,9-12H2,1H3,(H2,23,24,25,26,27). The van der Waals surface area contributed by atoms with E-state index >= 15 is 0 Å². The smallest absolute Gasteiger partial charge is 0.233 e. The van der Waals surface area contributed by atoms with Crippen molar-refractivity contribution >= 4 is 35.0 Å². The molecule has 0 amide bonds. The normalized spacial score (nSPS) is 13.7. The van der Waals surface area contributed by atoms with Gasteiger partial charge in [-0.05, 0) is 31.2 Å². The van der Waals surface area contributed by atoms with E-state index < -0.39 is 5.82 Å². The molecule has 1 aliphatic heterocycles. The van der Waals surface area contributed by atoms with Crippen LogP contribution in [0, 0.1) is 5.82 Å². The zero-order chi connectivity index (χ0) is 20.9. The molecule has 2 heterocycles. The molecule has 0 atom stereocenters. The fourth-order valence-corrected chi connectivity index (χ4v) is 3.01. The molecule has 1 aliphatic rings. The van der Waals surface area contributed by atoms with Gasteiger partial charge in [-0.2, -0.15) is 15.0 Å². The SMILES string of the molecule is CC(=O)c1cccc(Nc2nc(Nc3ccccc3F)nc(N3CCOCC3)n2)c1. The number of aromatic nitrogens is 3. The second-order valence-corrected chi connectivity index (χ2v) is 6.75. The molecule has 4 rings (SSSR count). The Labute approximate surface area is 173 Å². The predicted octanol–water partition coefficient (Wildman–Crippen LogP) is 3.54. The van der Waals surface area contributed by atoms with Gasteiger partial charge in [-0.15, -0.1) is 0 Å². The van der Waals surface area contributed by atoms with Crippen molar-refractivity contribution in [2.45, 2.75) is 6.92 Å². The molecule has 8 nitrogen and oxygen atoms in total. The molecule has 0 radical (unpaired) electrons. The number of benzene rings is 2. The lowest BCUT2D eigenvalue weighted by atomic mass is 10.1. The van der Waals surface area contributed by atoms with Crippen LogP contribution < -0.4 is 15.5 Å². The number of morpholine rings is 1. The van der Waals surface area contributed by atoms with E-state index in [1.54, 1.807) is 36.4 Å². The van der Waals surface area contributed by atoms with Gasteiger partial charge in [-0.25, -0.2) is 4.39 Å². The molecule has 3 aromatic rings. The first-order chi connectivity index (χ1) is 14.6. The Bertz CT molecular complexity index is 1060. The molecule has 9 heteroatoms. The van der Waals surface area contributed by atoms with E-state index in [0.717, 1.165) is 0 Å². The summed E-state index contributed by atoms with van der Waals surface area (Å²) in [6.45, 7) is 3.94. The van der Waals surface area contributed by atoms with Crippen LogP contribution in [-0.2, 0) is 4.74 Å². The van der Waals surface area contributed by atoms with Gasteiger partial charge in [0.2, 0.25) is 17.8 Å². The zero-order valence-corrected chi connectivity index (χ0v) is 16.4. The van der Waals surface area contributed by atoms with Gasteiger partial charge in [0.15, 0.2) is 5.78 Å². The van der Waals surface area contributed by atoms with Crippen LogP contribution in [0.4, 0.5) is 33.6 Å². The Morgan fingerprint density at radius 3 is 2.47 bits per heavy atom. The van der Waals surface area contributed by atoms with Crippen molar-refractivity contribution in [1.29, 1.82) is 0 Å². The largest absolute Gasteiger partial charge is 0.378 e. The Hall–Kier alpha value is -3.59. The van der Waals surface area contributed by atoms with Gasteiger partial charge in [0.25, 0.3) is 0 Å². The summed E-state index contributed by atoms with van der Waals surface area (Å²) in [6.07, 6.45) is 0. The maximum atomic E-state index is 14.1. The van der Waals surface area contributed by atoms with E-state index in [9.17, 15) is 9.18 Å². The molecule has 1 fully saturated rings. The monoisotopic (exact) mass is 408 g/mol. The van der Waals surface area contributed by atoms with E-state index in [4.69, 9.17) is 4.74 Å². The number of hydrogen-bond donors (Lipinski definition) is 2. The number of nitrogens with one attached hydrogen (secondary N) is 2. The first kappa shape index (κ1) is 19.7. The number of Topliss-reactive ketones (excluding diaryl/α,β-unsaturated/α-hetero) is 1. The molecule has 1 saturated heterocycles. The minimum atomic E-state index is -0.408. The van der Waals surface area contributed by atoms with Crippen LogP contribution in [0.2, 0.25) is 0 Å². The number of ether oxygens (including phenoxy) is 1. The Balaban J connectivity index is 1.67. The van der Waals surface area contributed by atoms with Gasteiger partial charge < -0.3 is 20.3 Å². The molecule has 2 aromatic carbocycles. The van der Waals surface area contributed by atoms with Crippen LogP contribution in [0.1, 0.15) is 17.3 Å². The Morgan fingerprint density at radius 2 is 1.73 bits per heavy atom. The first-order valence-corrected chi connectivity index (χ1v) is 9.57. The van der Waals surface area contributed by atoms with E-state index in [0.29, 0.717) is 43.5 Å². The first-order valence-electron chi connectivity index (χ1n) is 9.57. The van der Waals surface area contributed by atoms with Crippen LogP contribution in [0.5, 0.6) is 0 Å². The molecule has 0 bridgehead atoms. The average molecular weight is 408 g/mol. The third-order valence-corrected chi connectivity index (χ3v) is 4.56. The van der Waals surface area contributed by atoms with Crippen LogP contribution in [0.3, 0.4) is 0 Å². The number of ketones is 1. The highest BCUT2D eigenvalue weighted by Gasteiger charge is 2.17. The summed E-state index contributed by atoms with van der Waals surface area (Å²) in [5, 5.41) is 6.03. The molecule has 1 aromatic heterocycles. The Kier molecular flexibility index (Phi) is 5.80. The van der Waals surface area contributed by atoms with Crippen LogP contribution >= 0.6 is 0 Å². The number of carbonyl (C=O) groups excluding carboxylic acids is 1. The molecule has 2 N–H and O–H groups in total. The second kappa shape index (κ2) is 8.83. The number of hydrogen-bond acceptors (Lipinski definition) is 8. The second-order valence-electron chi connectivity index (χ2n) is 6.75. The van der Waals surface area contributed by atoms with Crippen LogP contribution in [0.25, 0.3) is 0 Å². The molecular weight excluding hydrogens is 387 g/mol. The molecule has 0 unspecified atom stereocenters. The minimum absolute atomic E-state index is 0.0368. The van der Waals surface area contributed by atoms with E-state index in [-0.39, 0.29) is 23.4 Å². The minimum Gasteiger partial charge on any atom is -0.378 e. The molecule has 154 valence electrons. The third-order valence-electron chi connectivity index (χ3n) is 4.56. The molecular formula is C21H21FN6O2. The van der Waals surface area contributed by atoms with Crippen molar-refractivity contribution < 1.29 is 13.9 Å². The average Bonchev–Trinajstić information content (AvgIpc) is 2.76. The van der Waals surface area contributed by atoms with Gasteiger partial charge in [0.1, 0.15) is 5.82 Å². The Morgan fingerprint density at radius 1 is 1.00 bits per heavy atom. The molecule has 0 aliphatic carbocycles. The van der Waals surface area contributed by atoms with E-state index in [2.05, 4.69) is 25.6 Å². The maximum Gasteiger partial charge on any atom is 0.233 e. The van der Waals surface area contributed by atoms with E-state index in [1.807, 2.05) is 11.0 Å². The number of anilines is 5. The highest BCUT2D eigenvalue weighted by molar-refractivity contribution is 5.95. The lowest BCUT2D eigenvalue weighted by Crippen LogP contribution is -2.37. The summed E-state index contributed by atoms with van der Waals surface area (Å²) in [7, 11) is 0. The lowest BCUT2D eigenvalue weighted by Gasteiger charge is -2.27. The number of para-hydroxylation sites is 1. The summed E-state index contributed by atoms with van der Waals surface area (Å²) in [4.78, 5) is 27.0. The van der Waals surface area contributed by atoms with E-state index in [1.165, 1.54) is 13.0 Å². The lowest BCUT2D eigenvalue weighted by molar-refractivity contribution is 0.101. The molecule has 0 spiro atoms. The van der Waals surface area contributed by atoms with Crippen molar-refractivity contribution in [2.24, 2.45) is 0 Å². The van der Waals surface area contributed by atoms with Gasteiger partial charge >= 0.3 is 0 Å². The van der Waals surface area contributed by atoms with Crippen molar-refractivity contribution in [3.05, 3.63) is 59.9 Å². The van der Waals surface area contributed by atoms with Crippen molar-refractivity contribution in [1.82, 2.24) is 15.0 Å². The predicted molar refractivity (Wildman–Crippen MR) is 112 cm³/mol. The summed E-state index contributed by atoms with van der Waals surface area (Å²) in [6, 6.07) is 13.4. The number of halogens is 1. The van der Waals surface area contributed by atoms with Crippen LogP contribution in [0.15, 0.2) is 48.5 Å². The van der Waals surface area contributed by atoms with Gasteiger partial charge in [-0.3, -0.25) is 4.79 Å². The van der Waals surface area contributed by atoms with Crippen LogP contribution in [-0.4, -0.2) is 47.0 Å². The fraction of sp³-hybridized carbons (Fsp3) is 0.238. The number of rotatable bonds is 6. The summed E-state index contributed by atoms with van der Waals surface area (Å²) < 4.78 is 19.5. The summed E-state index contributed by atoms with van der Waals surface area (Å²) in [5.74, 6) is 0.505. The number of nitrogens with zero attached hydrogens (tertiary/aromatic N) is 4. The summed E-state index contributed by atoms with van der Waals surface area (Å²) >= 11 is 0. The topological polar surface area (TPSA) is 92.3 Å². The zero-order valence-electron chi connectivity index (χ0n) is 16.4. The quantitative estimate of drug-likeness (QED) is 0.599. The molecule has 30 heavy (non-hydrogen) atoms.